The standard InChI is InChI=1S/C24H33N3O6S/c1-16-13-25-17(2)15-33-20-11-10-18(12-19(20)24(28)27(3)14-22(16)32-5)26-34(29,30)23-9-7-6-8-21(23)31-4/h6-12,16-17,22,25-26H,13-15H2,1-5H3/t16-,17+,22+/m1/s1. The average molecular weight is 492 g/mol. The zero-order valence-corrected chi connectivity index (χ0v) is 21.0. The Labute approximate surface area is 201 Å². The molecular weight excluding hydrogens is 458 g/mol. The first-order valence-corrected chi connectivity index (χ1v) is 12.6. The molecule has 0 spiro atoms. The van der Waals surface area contributed by atoms with Crippen LogP contribution in [0.5, 0.6) is 11.5 Å². The number of nitrogens with one attached hydrogen (secondary N) is 2. The zero-order valence-electron chi connectivity index (χ0n) is 20.2. The van der Waals surface area contributed by atoms with Crippen molar-refractivity contribution in [3.05, 3.63) is 48.0 Å². The molecule has 0 saturated heterocycles. The number of amides is 1. The number of sulfonamides is 1. The van der Waals surface area contributed by atoms with E-state index in [9.17, 15) is 13.2 Å². The molecule has 0 radical (unpaired) electrons. The van der Waals surface area contributed by atoms with Crippen LogP contribution >= 0.6 is 0 Å². The van der Waals surface area contributed by atoms with Crippen molar-refractivity contribution in [2.24, 2.45) is 5.92 Å². The lowest BCUT2D eigenvalue weighted by atomic mass is 10.0. The second-order valence-electron chi connectivity index (χ2n) is 8.52. The summed E-state index contributed by atoms with van der Waals surface area (Å²) in [6.07, 6.45) is -0.162. The van der Waals surface area contributed by atoms with Crippen LogP contribution in [0.3, 0.4) is 0 Å². The minimum absolute atomic E-state index is 0.00165. The SMILES string of the molecule is COc1ccccc1S(=O)(=O)Nc1ccc2c(c1)C(=O)N(C)C[C@H](OC)[C@H](C)CN[C@@H](C)CO2. The van der Waals surface area contributed by atoms with Crippen LogP contribution in [0, 0.1) is 5.92 Å². The van der Waals surface area contributed by atoms with Gasteiger partial charge in [0.2, 0.25) is 0 Å². The maximum atomic E-state index is 13.4. The summed E-state index contributed by atoms with van der Waals surface area (Å²) in [5.74, 6) is 0.486. The molecule has 1 amide bonds. The van der Waals surface area contributed by atoms with Gasteiger partial charge in [0.25, 0.3) is 15.9 Å². The fraction of sp³-hybridized carbons (Fsp3) is 0.458. The van der Waals surface area contributed by atoms with Crippen molar-refractivity contribution in [3.63, 3.8) is 0 Å². The summed E-state index contributed by atoms with van der Waals surface area (Å²) >= 11 is 0. The number of rotatable bonds is 5. The van der Waals surface area contributed by atoms with Crippen LogP contribution in [0.1, 0.15) is 24.2 Å². The van der Waals surface area contributed by atoms with Gasteiger partial charge in [-0.25, -0.2) is 8.42 Å². The highest BCUT2D eigenvalue weighted by Crippen LogP contribution is 2.29. The second kappa shape index (κ2) is 11.1. The third kappa shape index (κ3) is 5.99. The Morgan fingerprint density at radius 3 is 2.59 bits per heavy atom. The Bertz CT molecular complexity index is 1110. The van der Waals surface area contributed by atoms with Gasteiger partial charge < -0.3 is 24.4 Å². The van der Waals surface area contributed by atoms with E-state index in [0.29, 0.717) is 18.9 Å². The topological polar surface area (TPSA) is 106 Å². The molecule has 186 valence electrons. The van der Waals surface area contributed by atoms with E-state index in [2.05, 4.69) is 17.0 Å². The lowest BCUT2D eigenvalue weighted by molar-refractivity contribution is 0.0281. The minimum atomic E-state index is -3.95. The smallest absolute Gasteiger partial charge is 0.265 e. The third-order valence-corrected chi connectivity index (χ3v) is 7.26. The van der Waals surface area contributed by atoms with E-state index in [1.807, 2.05) is 6.92 Å². The van der Waals surface area contributed by atoms with Gasteiger partial charge in [0.15, 0.2) is 0 Å². The zero-order chi connectivity index (χ0) is 24.9. The quantitative estimate of drug-likeness (QED) is 0.662. The second-order valence-corrected chi connectivity index (χ2v) is 10.2. The number of anilines is 1. The third-order valence-electron chi connectivity index (χ3n) is 5.84. The van der Waals surface area contributed by atoms with Crippen LogP contribution in [-0.4, -0.2) is 72.3 Å². The molecule has 1 aliphatic heterocycles. The van der Waals surface area contributed by atoms with Gasteiger partial charge in [0.05, 0.1) is 18.8 Å². The van der Waals surface area contributed by atoms with Gasteiger partial charge in [-0.3, -0.25) is 9.52 Å². The molecule has 34 heavy (non-hydrogen) atoms. The van der Waals surface area contributed by atoms with Crippen molar-refractivity contribution < 1.29 is 27.4 Å². The van der Waals surface area contributed by atoms with Gasteiger partial charge in [0.1, 0.15) is 23.0 Å². The van der Waals surface area contributed by atoms with Gasteiger partial charge in [-0.2, -0.15) is 0 Å². The normalized spacial score (nSPS) is 22.1. The van der Waals surface area contributed by atoms with Crippen molar-refractivity contribution in [3.8, 4) is 11.5 Å². The summed E-state index contributed by atoms with van der Waals surface area (Å²) in [7, 11) is 0.784. The van der Waals surface area contributed by atoms with E-state index in [1.54, 1.807) is 49.4 Å². The van der Waals surface area contributed by atoms with Crippen LogP contribution in [-0.2, 0) is 14.8 Å². The van der Waals surface area contributed by atoms with Crippen LogP contribution in [0.25, 0.3) is 0 Å². The van der Waals surface area contributed by atoms with Gasteiger partial charge in [-0.1, -0.05) is 19.1 Å². The molecule has 0 aliphatic carbocycles. The summed E-state index contributed by atoms with van der Waals surface area (Å²) in [4.78, 5) is 14.9. The summed E-state index contributed by atoms with van der Waals surface area (Å²) < 4.78 is 45.4. The molecule has 2 aromatic carbocycles. The molecule has 1 aliphatic rings. The Hall–Kier alpha value is -2.82. The molecule has 0 aromatic heterocycles. The summed E-state index contributed by atoms with van der Waals surface area (Å²) in [6.45, 7) is 5.52. The van der Waals surface area contributed by atoms with E-state index < -0.39 is 10.0 Å². The van der Waals surface area contributed by atoms with Crippen molar-refractivity contribution in [2.75, 3.05) is 45.7 Å². The summed E-state index contributed by atoms with van der Waals surface area (Å²) in [5.41, 5.74) is 0.503. The van der Waals surface area contributed by atoms with Crippen LogP contribution in [0.15, 0.2) is 47.4 Å². The number of para-hydroxylation sites is 1. The molecule has 2 aromatic rings. The van der Waals surface area contributed by atoms with Gasteiger partial charge in [-0.05, 0) is 43.2 Å². The van der Waals surface area contributed by atoms with Gasteiger partial charge >= 0.3 is 0 Å². The predicted molar refractivity (Wildman–Crippen MR) is 130 cm³/mol. The molecular formula is C24H33N3O6S. The maximum absolute atomic E-state index is 13.4. The molecule has 3 rings (SSSR count). The number of methoxy groups -OCH3 is 2. The molecule has 0 fully saturated rings. The first-order valence-electron chi connectivity index (χ1n) is 11.1. The maximum Gasteiger partial charge on any atom is 0.265 e. The molecule has 3 atom stereocenters. The number of carbonyl (C=O) groups excluding carboxylic acids is 1. The van der Waals surface area contributed by atoms with Crippen molar-refractivity contribution in [1.82, 2.24) is 10.2 Å². The summed E-state index contributed by atoms with van der Waals surface area (Å²) in [5, 5.41) is 3.43. The Morgan fingerprint density at radius 2 is 1.88 bits per heavy atom. The van der Waals surface area contributed by atoms with E-state index in [0.717, 1.165) is 6.54 Å². The van der Waals surface area contributed by atoms with E-state index >= 15 is 0 Å². The van der Waals surface area contributed by atoms with Crippen LogP contribution < -0.4 is 19.5 Å². The molecule has 10 heteroatoms. The van der Waals surface area contributed by atoms with Crippen molar-refractivity contribution in [2.45, 2.75) is 30.9 Å². The van der Waals surface area contributed by atoms with Crippen LogP contribution in [0.4, 0.5) is 5.69 Å². The van der Waals surface area contributed by atoms with Crippen molar-refractivity contribution >= 4 is 21.6 Å². The van der Waals surface area contributed by atoms with E-state index in [1.165, 1.54) is 19.2 Å². The number of hydrogen-bond donors (Lipinski definition) is 2. The Kier molecular flexibility index (Phi) is 8.40. The number of likely N-dealkylation sites (N-methyl/N-ethyl adjacent to an activating group) is 1. The highest BCUT2D eigenvalue weighted by atomic mass is 32.2. The highest BCUT2D eigenvalue weighted by molar-refractivity contribution is 7.92. The lowest BCUT2D eigenvalue weighted by Gasteiger charge is -2.30. The largest absolute Gasteiger partial charge is 0.495 e. The first-order chi connectivity index (χ1) is 16.2. The van der Waals surface area contributed by atoms with Gasteiger partial charge in [-0.15, -0.1) is 0 Å². The number of ether oxygens (including phenoxy) is 3. The van der Waals surface area contributed by atoms with Gasteiger partial charge in [0, 0.05) is 39.0 Å². The predicted octanol–water partition coefficient (Wildman–Crippen LogP) is 2.59. The van der Waals surface area contributed by atoms with Crippen molar-refractivity contribution in [1.29, 1.82) is 0 Å². The molecule has 0 saturated carbocycles. The van der Waals surface area contributed by atoms with E-state index in [-0.39, 0.29) is 45.9 Å². The molecule has 1 heterocycles. The lowest BCUT2D eigenvalue weighted by Crippen LogP contribution is -2.44. The number of nitrogens with zero attached hydrogens (tertiary/aromatic N) is 1. The summed E-state index contributed by atoms with van der Waals surface area (Å²) in [6, 6.07) is 11.1. The number of carbonyl (C=O) groups is 1. The Balaban J connectivity index is 1.96. The van der Waals surface area contributed by atoms with Crippen LogP contribution in [0.2, 0.25) is 0 Å². The minimum Gasteiger partial charge on any atom is -0.495 e. The fourth-order valence-corrected chi connectivity index (χ4v) is 5.00. The van der Waals surface area contributed by atoms with E-state index in [4.69, 9.17) is 14.2 Å². The first kappa shape index (κ1) is 25.8. The highest BCUT2D eigenvalue weighted by Gasteiger charge is 2.26. The molecule has 0 bridgehead atoms. The molecule has 2 N–H and O–H groups in total. The monoisotopic (exact) mass is 491 g/mol. The number of fused-ring (bicyclic) bond motifs is 1. The Morgan fingerprint density at radius 1 is 1.15 bits per heavy atom. The molecule has 0 unspecified atom stereocenters. The molecule has 9 nitrogen and oxygen atoms in total. The fourth-order valence-electron chi connectivity index (χ4n) is 3.77. The number of hydrogen-bond acceptors (Lipinski definition) is 7. The number of benzene rings is 2. The average Bonchev–Trinajstić information content (AvgIpc) is 2.83.